The predicted octanol–water partition coefficient (Wildman–Crippen LogP) is 3.70. The fraction of sp³-hybridized carbons (Fsp3) is 0.591. The van der Waals surface area contributed by atoms with Crippen molar-refractivity contribution in [1.82, 2.24) is 24.8 Å². The van der Waals surface area contributed by atoms with Gasteiger partial charge in [-0.15, -0.1) is 0 Å². The Bertz CT molecular complexity index is 801. The van der Waals surface area contributed by atoms with Crippen LogP contribution in [0.4, 0.5) is 0 Å². The van der Waals surface area contributed by atoms with Gasteiger partial charge < -0.3 is 10.2 Å². The lowest BCUT2D eigenvalue weighted by Gasteiger charge is -2.33. The zero-order valence-corrected chi connectivity index (χ0v) is 17.2. The van der Waals surface area contributed by atoms with Gasteiger partial charge in [0.05, 0.1) is 6.54 Å². The zero-order valence-electron chi connectivity index (χ0n) is 17.2. The van der Waals surface area contributed by atoms with Crippen molar-refractivity contribution in [2.24, 2.45) is 10.4 Å². The predicted molar refractivity (Wildman–Crippen MR) is 113 cm³/mol. The quantitative estimate of drug-likeness (QED) is 0.649. The first kappa shape index (κ1) is 19.0. The maximum absolute atomic E-state index is 4.93. The van der Waals surface area contributed by atoms with Gasteiger partial charge in [0.1, 0.15) is 11.6 Å². The van der Waals surface area contributed by atoms with Crippen molar-refractivity contribution >= 4 is 5.96 Å². The molecule has 0 atom stereocenters. The third kappa shape index (κ3) is 4.05. The summed E-state index contributed by atoms with van der Waals surface area (Å²) in [5.41, 5.74) is 1.67. The number of hydrogen-bond acceptors (Lipinski definition) is 3. The molecule has 28 heavy (non-hydrogen) atoms. The fourth-order valence-corrected chi connectivity index (χ4v) is 4.69. The molecule has 3 heterocycles. The Labute approximate surface area is 168 Å². The third-order valence-corrected chi connectivity index (χ3v) is 6.28. The van der Waals surface area contributed by atoms with E-state index in [2.05, 4.69) is 33.2 Å². The highest BCUT2D eigenvalue weighted by Gasteiger charge is 2.39. The normalized spacial score (nSPS) is 19.4. The van der Waals surface area contributed by atoms with Crippen LogP contribution in [0.25, 0.3) is 5.82 Å². The first-order valence-electron chi connectivity index (χ1n) is 10.7. The summed E-state index contributed by atoms with van der Waals surface area (Å²) in [5, 5.41) is 3.50. The number of pyridine rings is 1. The van der Waals surface area contributed by atoms with E-state index in [9.17, 15) is 0 Å². The van der Waals surface area contributed by atoms with Crippen molar-refractivity contribution in [2.75, 3.05) is 19.6 Å². The molecule has 2 aromatic heterocycles. The second kappa shape index (κ2) is 8.33. The lowest BCUT2D eigenvalue weighted by Crippen LogP contribution is -2.41. The van der Waals surface area contributed by atoms with Gasteiger partial charge >= 0.3 is 0 Å². The van der Waals surface area contributed by atoms with Gasteiger partial charge in [-0.2, -0.15) is 0 Å². The average molecular weight is 381 g/mol. The number of nitrogens with one attached hydrogen (secondary N) is 1. The number of aromatic nitrogens is 3. The van der Waals surface area contributed by atoms with E-state index in [1.54, 1.807) is 6.20 Å². The molecular weight excluding hydrogens is 348 g/mol. The molecule has 1 saturated heterocycles. The molecule has 1 spiro atoms. The van der Waals surface area contributed by atoms with E-state index in [-0.39, 0.29) is 0 Å². The van der Waals surface area contributed by atoms with E-state index in [0.29, 0.717) is 12.0 Å². The molecular formula is C22H32N6. The number of rotatable bonds is 4. The van der Waals surface area contributed by atoms with Crippen molar-refractivity contribution in [3.63, 3.8) is 0 Å². The van der Waals surface area contributed by atoms with E-state index >= 15 is 0 Å². The summed E-state index contributed by atoms with van der Waals surface area (Å²) in [4.78, 5) is 16.3. The molecule has 0 unspecified atom stereocenters. The van der Waals surface area contributed by atoms with Crippen molar-refractivity contribution in [3.05, 3.63) is 42.1 Å². The molecule has 0 amide bonds. The summed E-state index contributed by atoms with van der Waals surface area (Å²) in [7, 11) is 0. The zero-order chi connectivity index (χ0) is 19.4. The number of likely N-dealkylation sites (tertiary alicyclic amines) is 1. The maximum atomic E-state index is 4.93. The minimum Gasteiger partial charge on any atom is -0.357 e. The van der Waals surface area contributed by atoms with Crippen molar-refractivity contribution < 1.29 is 0 Å². The number of aryl methyl sites for hydroxylation is 1. The maximum Gasteiger partial charge on any atom is 0.194 e. The Morgan fingerprint density at radius 1 is 1.18 bits per heavy atom. The van der Waals surface area contributed by atoms with Crippen LogP contribution in [-0.2, 0) is 6.54 Å². The van der Waals surface area contributed by atoms with E-state index in [1.807, 2.05) is 30.0 Å². The molecule has 0 radical (unpaired) electrons. The molecule has 1 saturated carbocycles. The second-order valence-corrected chi connectivity index (χ2v) is 8.27. The first-order valence-corrected chi connectivity index (χ1v) is 10.7. The summed E-state index contributed by atoms with van der Waals surface area (Å²) in [5.74, 6) is 2.89. The molecule has 1 aliphatic carbocycles. The third-order valence-electron chi connectivity index (χ3n) is 6.28. The lowest BCUT2D eigenvalue weighted by molar-refractivity contribution is 0.203. The Morgan fingerprint density at radius 3 is 2.71 bits per heavy atom. The summed E-state index contributed by atoms with van der Waals surface area (Å²) in [6, 6.07) is 4.15. The monoisotopic (exact) mass is 380 g/mol. The Hall–Kier alpha value is -2.37. The lowest BCUT2D eigenvalue weighted by atomic mass is 9.73. The number of guanidine groups is 1. The van der Waals surface area contributed by atoms with Crippen LogP contribution in [0, 0.1) is 12.3 Å². The Morgan fingerprint density at radius 2 is 2.04 bits per heavy atom. The van der Waals surface area contributed by atoms with Crippen molar-refractivity contribution in [3.8, 4) is 5.82 Å². The average Bonchev–Trinajstić information content (AvgIpc) is 3.33. The Kier molecular flexibility index (Phi) is 5.64. The molecule has 150 valence electrons. The van der Waals surface area contributed by atoms with Gasteiger partial charge in [0.25, 0.3) is 0 Å². The number of nitrogens with zero attached hydrogens (tertiary/aromatic N) is 5. The summed E-state index contributed by atoms with van der Waals surface area (Å²) in [6.45, 7) is 7.98. The standard InChI is InChI=1S/C22H32N6/c1-3-23-21(27-13-11-22(17-27)9-5-4-6-10-22)26-16-19-7-8-20(25-15-19)28-14-12-24-18(28)2/h7-8,12,14-15H,3-6,9-11,13,16-17H2,1-2H3,(H,23,26). The van der Waals surface area contributed by atoms with Crippen LogP contribution in [0.2, 0.25) is 0 Å². The SMILES string of the molecule is CCNC(=NCc1ccc(-n2ccnc2C)nc1)N1CCC2(CCCCC2)C1. The molecule has 1 N–H and O–H groups in total. The van der Waals surface area contributed by atoms with Gasteiger partial charge in [-0.25, -0.2) is 15.0 Å². The number of imidazole rings is 1. The van der Waals surface area contributed by atoms with Crippen LogP contribution < -0.4 is 5.32 Å². The fourth-order valence-electron chi connectivity index (χ4n) is 4.69. The van der Waals surface area contributed by atoms with Gasteiger partial charge in [0, 0.05) is 38.2 Å². The second-order valence-electron chi connectivity index (χ2n) is 8.27. The van der Waals surface area contributed by atoms with E-state index in [4.69, 9.17) is 4.99 Å². The molecule has 0 aromatic carbocycles. The minimum absolute atomic E-state index is 0.542. The molecule has 1 aliphatic heterocycles. The van der Waals surface area contributed by atoms with Crippen molar-refractivity contribution in [1.29, 1.82) is 0 Å². The summed E-state index contributed by atoms with van der Waals surface area (Å²) < 4.78 is 1.99. The van der Waals surface area contributed by atoms with Crippen LogP contribution in [0.5, 0.6) is 0 Å². The van der Waals surface area contributed by atoms with Gasteiger partial charge in [-0.1, -0.05) is 25.3 Å². The van der Waals surface area contributed by atoms with E-state index in [1.165, 1.54) is 38.5 Å². The van der Waals surface area contributed by atoms with E-state index in [0.717, 1.165) is 42.8 Å². The number of hydrogen-bond donors (Lipinski definition) is 1. The van der Waals surface area contributed by atoms with Crippen molar-refractivity contribution in [2.45, 2.75) is 58.9 Å². The topological polar surface area (TPSA) is 58.3 Å². The molecule has 2 aliphatic rings. The first-order chi connectivity index (χ1) is 13.7. The van der Waals surface area contributed by atoms with Crippen LogP contribution in [0.3, 0.4) is 0 Å². The molecule has 2 aromatic rings. The van der Waals surface area contributed by atoms with Crippen LogP contribution in [0.1, 0.15) is 56.8 Å². The van der Waals surface area contributed by atoms with Gasteiger partial charge in [0.2, 0.25) is 0 Å². The Balaban J connectivity index is 1.43. The van der Waals surface area contributed by atoms with Gasteiger partial charge in [0.15, 0.2) is 5.96 Å². The minimum atomic E-state index is 0.542. The number of aliphatic imine (C=N–C) groups is 1. The highest BCUT2D eigenvalue weighted by molar-refractivity contribution is 5.80. The van der Waals surface area contributed by atoms with Gasteiger partial charge in [-0.05, 0) is 50.2 Å². The molecule has 6 nitrogen and oxygen atoms in total. The molecule has 2 fully saturated rings. The molecule has 6 heteroatoms. The molecule has 4 rings (SSSR count). The highest BCUT2D eigenvalue weighted by atomic mass is 15.3. The van der Waals surface area contributed by atoms with Crippen LogP contribution >= 0.6 is 0 Å². The molecule has 0 bridgehead atoms. The van der Waals surface area contributed by atoms with Crippen LogP contribution in [0.15, 0.2) is 35.7 Å². The highest BCUT2D eigenvalue weighted by Crippen LogP contribution is 2.43. The van der Waals surface area contributed by atoms with Crippen LogP contribution in [-0.4, -0.2) is 45.0 Å². The summed E-state index contributed by atoms with van der Waals surface area (Å²) in [6.07, 6.45) is 14.0. The van der Waals surface area contributed by atoms with E-state index < -0.39 is 0 Å². The smallest absolute Gasteiger partial charge is 0.194 e. The largest absolute Gasteiger partial charge is 0.357 e. The summed E-state index contributed by atoms with van der Waals surface area (Å²) >= 11 is 0. The van der Waals surface area contributed by atoms with Gasteiger partial charge in [-0.3, -0.25) is 4.57 Å².